The molecular formula is C18H24N2OS. The normalized spacial score (nSPS) is 17.0. The summed E-state index contributed by atoms with van der Waals surface area (Å²) in [5.41, 5.74) is 3.46. The average Bonchev–Trinajstić information content (AvgIpc) is 3.00. The van der Waals surface area contributed by atoms with Crippen LogP contribution in [0.4, 0.5) is 0 Å². The first-order chi connectivity index (χ1) is 10.6. The molecule has 22 heavy (non-hydrogen) atoms. The van der Waals surface area contributed by atoms with Gasteiger partial charge in [0.25, 0.3) is 0 Å². The van der Waals surface area contributed by atoms with Crippen molar-refractivity contribution < 1.29 is 5.11 Å². The molecule has 2 aromatic rings. The number of phenols is 1. The Balaban J connectivity index is 1.55. The van der Waals surface area contributed by atoms with Gasteiger partial charge in [-0.25, -0.2) is 0 Å². The van der Waals surface area contributed by atoms with Crippen molar-refractivity contribution >= 4 is 11.3 Å². The number of phenolic OH excluding ortho intramolecular Hbond substituents is 1. The molecule has 0 radical (unpaired) electrons. The molecule has 0 aliphatic carbocycles. The summed E-state index contributed by atoms with van der Waals surface area (Å²) >= 11 is 1.84. The molecule has 3 nitrogen and oxygen atoms in total. The van der Waals surface area contributed by atoms with Gasteiger partial charge in [0.05, 0.1) is 0 Å². The summed E-state index contributed by atoms with van der Waals surface area (Å²) in [7, 11) is 0. The zero-order chi connectivity index (χ0) is 15.5. The first-order valence-electron chi connectivity index (χ1n) is 7.88. The van der Waals surface area contributed by atoms with Crippen LogP contribution >= 0.6 is 11.3 Å². The summed E-state index contributed by atoms with van der Waals surface area (Å²) in [6.07, 6.45) is 0. The molecule has 3 rings (SSSR count). The fourth-order valence-corrected chi connectivity index (χ4v) is 3.70. The second-order valence-corrected chi connectivity index (χ2v) is 7.23. The monoisotopic (exact) mass is 316 g/mol. The van der Waals surface area contributed by atoms with E-state index in [4.69, 9.17) is 0 Å². The molecule has 0 amide bonds. The van der Waals surface area contributed by atoms with E-state index in [0.717, 1.165) is 50.4 Å². The molecule has 0 atom stereocenters. The van der Waals surface area contributed by atoms with Crippen molar-refractivity contribution in [3.63, 3.8) is 0 Å². The number of aromatic hydroxyl groups is 1. The van der Waals surface area contributed by atoms with Gasteiger partial charge in [0.2, 0.25) is 0 Å². The molecule has 0 spiro atoms. The minimum atomic E-state index is 0.434. The van der Waals surface area contributed by atoms with Gasteiger partial charge in [-0.3, -0.25) is 9.80 Å². The van der Waals surface area contributed by atoms with Crippen LogP contribution in [0.15, 0.2) is 29.6 Å². The average molecular weight is 316 g/mol. The highest BCUT2D eigenvalue weighted by molar-refractivity contribution is 7.09. The van der Waals surface area contributed by atoms with Crippen LogP contribution in [0, 0.1) is 13.8 Å². The third kappa shape index (κ3) is 3.69. The molecule has 1 N–H and O–H groups in total. The zero-order valence-electron chi connectivity index (χ0n) is 13.4. The number of benzene rings is 1. The molecule has 0 bridgehead atoms. The number of nitrogens with zero attached hydrogens (tertiary/aromatic N) is 2. The molecule has 0 saturated carbocycles. The van der Waals surface area contributed by atoms with E-state index in [9.17, 15) is 5.11 Å². The minimum Gasteiger partial charge on any atom is -0.508 e. The molecule has 1 fully saturated rings. The molecular weight excluding hydrogens is 292 g/mol. The lowest BCUT2D eigenvalue weighted by Gasteiger charge is -2.34. The van der Waals surface area contributed by atoms with Gasteiger partial charge >= 0.3 is 0 Å². The molecule has 1 aromatic heterocycles. The predicted octanol–water partition coefficient (Wildman–Crippen LogP) is 3.39. The van der Waals surface area contributed by atoms with Gasteiger partial charge in [-0.1, -0.05) is 12.1 Å². The topological polar surface area (TPSA) is 26.7 Å². The van der Waals surface area contributed by atoms with Gasteiger partial charge in [0, 0.05) is 49.7 Å². The lowest BCUT2D eigenvalue weighted by atomic mass is 10.0. The Morgan fingerprint density at radius 3 is 2.27 bits per heavy atom. The highest BCUT2D eigenvalue weighted by atomic mass is 32.1. The van der Waals surface area contributed by atoms with E-state index < -0.39 is 0 Å². The van der Waals surface area contributed by atoms with Crippen molar-refractivity contribution in [2.75, 3.05) is 26.2 Å². The van der Waals surface area contributed by atoms with Crippen molar-refractivity contribution in [3.8, 4) is 5.75 Å². The molecule has 4 heteroatoms. The van der Waals surface area contributed by atoms with E-state index >= 15 is 0 Å². The molecule has 0 unspecified atom stereocenters. The number of hydrogen-bond acceptors (Lipinski definition) is 4. The van der Waals surface area contributed by atoms with Crippen LogP contribution in [-0.2, 0) is 13.1 Å². The number of thiophene rings is 1. The SMILES string of the molecule is Cc1cc(O)c(CN2CCN(Cc3cccs3)CC2)cc1C. The minimum absolute atomic E-state index is 0.434. The Kier molecular flexibility index (Phi) is 4.81. The third-order valence-electron chi connectivity index (χ3n) is 4.51. The van der Waals surface area contributed by atoms with Crippen LogP contribution < -0.4 is 0 Å². The lowest BCUT2D eigenvalue weighted by molar-refractivity contribution is 0.122. The van der Waals surface area contributed by atoms with Gasteiger partial charge in [0.1, 0.15) is 5.75 Å². The summed E-state index contributed by atoms with van der Waals surface area (Å²) in [6, 6.07) is 8.35. The molecule has 1 saturated heterocycles. The summed E-state index contributed by atoms with van der Waals surface area (Å²) in [5, 5.41) is 12.3. The van der Waals surface area contributed by atoms with Crippen molar-refractivity contribution in [1.82, 2.24) is 9.80 Å². The van der Waals surface area contributed by atoms with Crippen molar-refractivity contribution in [1.29, 1.82) is 0 Å². The first-order valence-corrected chi connectivity index (χ1v) is 8.76. The van der Waals surface area contributed by atoms with Crippen molar-refractivity contribution in [2.24, 2.45) is 0 Å². The Hall–Kier alpha value is -1.36. The van der Waals surface area contributed by atoms with Crippen LogP contribution in [0.25, 0.3) is 0 Å². The fraction of sp³-hybridized carbons (Fsp3) is 0.444. The largest absolute Gasteiger partial charge is 0.508 e. The van der Waals surface area contributed by atoms with Crippen LogP contribution in [0.5, 0.6) is 5.75 Å². The predicted molar refractivity (Wildman–Crippen MR) is 92.5 cm³/mol. The lowest BCUT2D eigenvalue weighted by Crippen LogP contribution is -2.45. The Labute approximate surface area is 136 Å². The third-order valence-corrected chi connectivity index (χ3v) is 5.37. The Morgan fingerprint density at radius 2 is 1.64 bits per heavy atom. The van der Waals surface area contributed by atoms with Gasteiger partial charge in [0.15, 0.2) is 0 Å². The van der Waals surface area contributed by atoms with Gasteiger partial charge in [-0.15, -0.1) is 11.3 Å². The first kappa shape index (κ1) is 15.5. The highest BCUT2D eigenvalue weighted by Crippen LogP contribution is 2.24. The molecule has 1 aliphatic rings. The van der Waals surface area contributed by atoms with Crippen LogP contribution in [0.2, 0.25) is 0 Å². The standard InChI is InChI=1S/C18H24N2OS/c1-14-10-16(18(21)11-15(14)2)12-19-5-7-20(8-6-19)13-17-4-3-9-22-17/h3-4,9-11,21H,5-8,12-13H2,1-2H3. The van der Waals surface area contributed by atoms with E-state index in [1.165, 1.54) is 10.4 Å². The second kappa shape index (κ2) is 6.82. The molecule has 1 aliphatic heterocycles. The molecule has 2 heterocycles. The van der Waals surface area contributed by atoms with E-state index in [-0.39, 0.29) is 0 Å². The van der Waals surface area contributed by atoms with E-state index in [1.807, 2.05) is 24.3 Å². The number of rotatable bonds is 4. The number of piperazine rings is 1. The van der Waals surface area contributed by atoms with Gasteiger partial charge < -0.3 is 5.11 Å². The summed E-state index contributed by atoms with van der Waals surface area (Å²) in [6.45, 7) is 10.4. The quantitative estimate of drug-likeness (QED) is 0.936. The number of hydrogen-bond donors (Lipinski definition) is 1. The fourth-order valence-electron chi connectivity index (χ4n) is 2.96. The number of aryl methyl sites for hydroxylation is 2. The maximum Gasteiger partial charge on any atom is 0.120 e. The van der Waals surface area contributed by atoms with Gasteiger partial charge in [-0.05, 0) is 42.5 Å². The zero-order valence-corrected chi connectivity index (χ0v) is 14.2. The van der Waals surface area contributed by atoms with Gasteiger partial charge in [-0.2, -0.15) is 0 Å². The smallest absolute Gasteiger partial charge is 0.120 e. The molecule has 1 aromatic carbocycles. The summed E-state index contributed by atoms with van der Waals surface area (Å²) in [4.78, 5) is 6.40. The van der Waals surface area contributed by atoms with E-state index in [0.29, 0.717) is 5.75 Å². The maximum atomic E-state index is 10.1. The summed E-state index contributed by atoms with van der Waals surface area (Å²) in [5.74, 6) is 0.434. The van der Waals surface area contributed by atoms with Crippen LogP contribution in [0.1, 0.15) is 21.6 Å². The summed E-state index contributed by atoms with van der Waals surface area (Å²) < 4.78 is 0. The van der Waals surface area contributed by atoms with E-state index in [1.54, 1.807) is 0 Å². The van der Waals surface area contributed by atoms with Crippen molar-refractivity contribution in [2.45, 2.75) is 26.9 Å². The van der Waals surface area contributed by atoms with Crippen LogP contribution in [0.3, 0.4) is 0 Å². The maximum absolute atomic E-state index is 10.1. The molecule has 118 valence electrons. The van der Waals surface area contributed by atoms with Crippen LogP contribution in [-0.4, -0.2) is 41.1 Å². The van der Waals surface area contributed by atoms with Crippen molar-refractivity contribution in [3.05, 3.63) is 51.2 Å². The van der Waals surface area contributed by atoms with E-state index in [2.05, 4.69) is 40.3 Å². The Bertz CT molecular complexity index is 616. The second-order valence-electron chi connectivity index (χ2n) is 6.20. The Morgan fingerprint density at radius 1 is 1.00 bits per heavy atom. The highest BCUT2D eigenvalue weighted by Gasteiger charge is 2.18.